The summed E-state index contributed by atoms with van der Waals surface area (Å²) in [6.07, 6.45) is 7.78. The summed E-state index contributed by atoms with van der Waals surface area (Å²) in [4.78, 5) is 0. The van der Waals surface area contributed by atoms with Crippen LogP contribution in [-0.4, -0.2) is 4.57 Å². The highest BCUT2D eigenvalue weighted by Crippen LogP contribution is 2.35. The molecule has 1 saturated carbocycles. The second-order valence-corrected chi connectivity index (χ2v) is 4.51. The first-order valence-corrected chi connectivity index (χ1v) is 5.38. The van der Waals surface area contributed by atoms with Gasteiger partial charge >= 0.3 is 0 Å². The molecule has 2 atom stereocenters. The predicted octanol–water partition coefficient (Wildman–Crippen LogP) is 3.32. The number of hydrogen-bond donors (Lipinski definition) is 0. The first kappa shape index (κ1) is 8.86. The molecule has 1 fully saturated rings. The van der Waals surface area contributed by atoms with Crippen LogP contribution in [0, 0.1) is 5.92 Å². The van der Waals surface area contributed by atoms with Crippen LogP contribution in [0.2, 0.25) is 0 Å². The van der Waals surface area contributed by atoms with E-state index in [0.717, 1.165) is 11.8 Å². The third-order valence-electron chi connectivity index (χ3n) is 3.34. The van der Waals surface area contributed by atoms with Gasteiger partial charge in [-0.2, -0.15) is 0 Å². The van der Waals surface area contributed by atoms with E-state index in [1.807, 2.05) is 0 Å². The number of nitrogens with zero attached hydrogens (tertiary/aromatic N) is 1. The molecule has 1 nitrogen and oxygen atoms in total. The van der Waals surface area contributed by atoms with Gasteiger partial charge in [-0.15, -0.1) is 0 Å². The lowest BCUT2D eigenvalue weighted by Gasteiger charge is -2.27. The Labute approximate surface area is 80.8 Å². The van der Waals surface area contributed by atoms with Crippen LogP contribution in [0.4, 0.5) is 0 Å². The van der Waals surface area contributed by atoms with Crippen LogP contribution in [0.25, 0.3) is 0 Å². The van der Waals surface area contributed by atoms with Gasteiger partial charge in [0.15, 0.2) is 0 Å². The molecule has 0 amide bonds. The molecule has 1 aliphatic rings. The highest BCUT2D eigenvalue weighted by atomic mass is 14.9. The average Bonchev–Trinajstić information content (AvgIpc) is 2.51. The Bertz CT molecular complexity index is 274. The van der Waals surface area contributed by atoms with E-state index in [4.69, 9.17) is 0 Å². The van der Waals surface area contributed by atoms with Crippen molar-refractivity contribution in [2.24, 2.45) is 13.0 Å². The van der Waals surface area contributed by atoms with Gasteiger partial charge in [-0.25, -0.2) is 0 Å². The molecule has 72 valence electrons. The van der Waals surface area contributed by atoms with Crippen molar-refractivity contribution in [3.05, 3.63) is 24.0 Å². The molecule has 1 unspecified atom stereocenters. The zero-order chi connectivity index (χ0) is 9.26. The minimum absolute atomic E-state index is 0.823. The third kappa shape index (κ3) is 1.79. The van der Waals surface area contributed by atoms with Gasteiger partial charge in [0.2, 0.25) is 0 Å². The number of aromatic nitrogens is 1. The maximum atomic E-state index is 2.38. The zero-order valence-corrected chi connectivity index (χ0v) is 8.66. The van der Waals surface area contributed by atoms with E-state index in [9.17, 15) is 0 Å². The van der Waals surface area contributed by atoms with Crippen molar-refractivity contribution < 1.29 is 0 Å². The smallest absolute Gasteiger partial charge is 0.0202 e. The molecule has 1 heterocycles. The van der Waals surface area contributed by atoms with E-state index in [1.54, 1.807) is 0 Å². The average molecular weight is 177 g/mol. The van der Waals surface area contributed by atoms with Gasteiger partial charge in [-0.1, -0.05) is 19.8 Å². The van der Waals surface area contributed by atoms with Crippen molar-refractivity contribution in [2.75, 3.05) is 0 Å². The predicted molar refractivity (Wildman–Crippen MR) is 55.8 cm³/mol. The van der Waals surface area contributed by atoms with Crippen LogP contribution in [0.1, 0.15) is 44.2 Å². The fourth-order valence-corrected chi connectivity index (χ4v) is 2.60. The molecule has 1 aromatic heterocycles. The SMILES string of the molecule is C[C@@H]1CCCC(c2cccn2C)C1. The lowest BCUT2D eigenvalue weighted by molar-refractivity contribution is 0.336. The van der Waals surface area contributed by atoms with Crippen molar-refractivity contribution in [1.29, 1.82) is 0 Å². The van der Waals surface area contributed by atoms with Crippen LogP contribution >= 0.6 is 0 Å². The molecule has 1 aliphatic carbocycles. The van der Waals surface area contributed by atoms with Crippen LogP contribution in [0.5, 0.6) is 0 Å². The van der Waals surface area contributed by atoms with E-state index in [0.29, 0.717) is 0 Å². The summed E-state index contributed by atoms with van der Waals surface area (Å²) in [5.41, 5.74) is 1.53. The van der Waals surface area contributed by atoms with E-state index in [2.05, 4.69) is 36.9 Å². The fraction of sp³-hybridized carbons (Fsp3) is 0.667. The molecular weight excluding hydrogens is 158 g/mol. The van der Waals surface area contributed by atoms with Crippen LogP contribution in [0.3, 0.4) is 0 Å². The van der Waals surface area contributed by atoms with Gasteiger partial charge < -0.3 is 4.57 Å². The minimum Gasteiger partial charge on any atom is -0.354 e. The zero-order valence-electron chi connectivity index (χ0n) is 8.66. The Kier molecular flexibility index (Phi) is 2.43. The van der Waals surface area contributed by atoms with Crippen LogP contribution < -0.4 is 0 Å². The Hall–Kier alpha value is -0.720. The summed E-state index contributed by atoms with van der Waals surface area (Å²) >= 11 is 0. The second kappa shape index (κ2) is 3.57. The molecule has 13 heavy (non-hydrogen) atoms. The monoisotopic (exact) mass is 177 g/mol. The Balaban J connectivity index is 2.12. The second-order valence-electron chi connectivity index (χ2n) is 4.51. The number of hydrogen-bond acceptors (Lipinski definition) is 0. The molecule has 0 aromatic carbocycles. The number of aryl methyl sites for hydroxylation is 1. The molecule has 2 rings (SSSR count). The van der Waals surface area contributed by atoms with Gasteiger partial charge in [0, 0.05) is 18.9 Å². The molecule has 0 aliphatic heterocycles. The normalized spacial score (nSPS) is 29.1. The van der Waals surface area contributed by atoms with E-state index < -0.39 is 0 Å². The first-order valence-electron chi connectivity index (χ1n) is 5.38. The Morgan fingerprint density at radius 3 is 2.85 bits per heavy atom. The Morgan fingerprint density at radius 2 is 2.23 bits per heavy atom. The molecule has 0 spiro atoms. The van der Waals surface area contributed by atoms with Crippen LogP contribution in [0.15, 0.2) is 18.3 Å². The van der Waals surface area contributed by atoms with Crippen LogP contribution in [-0.2, 0) is 7.05 Å². The van der Waals surface area contributed by atoms with Gasteiger partial charge in [0.25, 0.3) is 0 Å². The van der Waals surface area contributed by atoms with E-state index in [1.165, 1.54) is 31.4 Å². The van der Waals surface area contributed by atoms with E-state index in [-0.39, 0.29) is 0 Å². The summed E-state index contributed by atoms with van der Waals surface area (Å²) in [6.45, 7) is 2.38. The maximum Gasteiger partial charge on any atom is 0.0202 e. The lowest BCUT2D eigenvalue weighted by Crippen LogP contribution is -2.13. The fourth-order valence-electron chi connectivity index (χ4n) is 2.60. The number of rotatable bonds is 1. The molecule has 1 heteroatoms. The van der Waals surface area contributed by atoms with Crippen molar-refractivity contribution in [1.82, 2.24) is 4.57 Å². The first-order chi connectivity index (χ1) is 6.27. The lowest BCUT2D eigenvalue weighted by atomic mass is 9.81. The molecule has 0 bridgehead atoms. The van der Waals surface area contributed by atoms with Gasteiger partial charge in [-0.3, -0.25) is 0 Å². The summed E-state index contributed by atoms with van der Waals surface area (Å²) < 4.78 is 2.28. The highest BCUT2D eigenvalue weighted by molar-refractivity contribution is 5.13. The Morgan fingerprint density at radius 1 is 1.38 bits per heavy atom. The van der Waals surface area contributed by atoms with Crippen molar-refractivity contribution in [3.63, 3.8) is 0 Å². The molecular formula is C12H19N. The minimum atomic E-state index is 0.823. The summed E-state index contributed by atoms with van der Waals surface area (Å²) in [5, 5.41) is 0. The summed E-state index contributed by atoms with van der Waals surface area (Å²) in [5.74, 6) is 1.75. The quantitative estimate of drug-likeness (QED) is 0.620. The van der Waals surface area contributed by atoms with Crippen molar-refractivity contribution >= 4 is 0 Å². The third-order valence-corrected chi connectivity index (χ3v) is 3.34. The summed E-state index contributed by atoms with van der Waals surface area (Å²) in [6, 6.07) is 4.44. The molecule has 0 saturated heterocycles. The molecule has 1 aromatic rings. The van der Waals surface area contributed by atoms with Crippen molar-refractivity contribution in [2.45, 2.75) is 38.5 Å². The van der Waals surface area contributed by atoms with E-state index >= 15 is 0 Å². The van der Waals surface area contributed by atoms with Crippen molar-refractivity contribution in [3.8, 4) is 0 Å². The van der Waals surface area contributed by atoms with Gasteiger partial charge in [-0.05, 0) is 36.8 Å². The highest BCUT2D eigenvalue weighted by Gasteiger charge is 2.21. The molecule has 0 N–H and O–H groups in total. The van der Waals surface area contributed by atoms with Gasteiger partial charge in [0.1, 0.15) is 0 Å². The standard InChI is InChI=1S/C12H19N/c1-10-5-3-6-11(9-10)12-7-4-8-13(12)2/h4,7-8,10-11H,3,5-6,9H2,1-2H3/t10-,11?/m1/s1. The maximum absolute atomic E-state index is 2.38. The van der Waals surface area contributed by atoms with Gasteiger partial charge in [0.05, 0.1) is 0 Å². The molecule has 0 radical (unpaired) electrons. The topological polar surface area (TPSA) is 4.93 Å². The largest absolute Gasteiger partial charge is 0.354 e. The summed E-state index contributed by atoms with van der Waals surface area (Å²) in [7, 11) is 2.16.